The predicted octanol–water partition coefficient (Wildman–Crippen LogP) is 2.83. The van der Waals surface area contributed by atoms with E-state index in [2.05, 4.69) is 10.6 Å². The van der Waals surface area contributed by atoms with Gasteiger partial charge in [-0.3, -0.25) is 9.59 Å². The topological polar surface area (TPSA) is 95.6 Å². The predicted molar refractivity (Wildman–Crippen MR) is 120 cm³/mol. The van der Waals surface area contributed by atoms with Crippen molar-refractivity contribution in [2.45, 2.75) is 51.5 Å². The van der Waals surface area contributed by atoms with Crippen LogP contribution in [0.15, 0.2) is 41.3 Å². The van der Waals surface area contributed by atoms with Crippen LogP contribution >= 0.6 is 0 Å². The first kappa shape index (κ1) is 23.0. The summed E-state index contributed by atoms with van der Waals surface area (Å²) in [5, 5.41) is 5.21. The first-order chi connectivity index (χ1) is 14.6. The molecule has 7 nitrogen and oxygen atoms in total. The Bertz CT molecular complexity index is 1110. The summed E-state index contributed by atoms with van der Waals surface area (Å²) in [5.41, 5.74) is 4.06. The maximum atomic E-state index is 13.2. The highest BCUT2D eigenvalue weighted by Gasteiger charge is 2.36. The molecule has 1 saturated heterocycles. The van der Waals surface area contributed by atoms with E-state index in [4.69, 9.17) is 0 Å². The molecular formula is C23H29N3O4S. The molecule has 0 bridgehead atoms. The van der Waals surface area contributed by atoms with E-state index in [1.54, 1.807) is 25.1 Å². The van der Waals surface area contributed by atoms with Crippen LogP contribution in [-0.2, 0) is 19.6 Å². The van der Waals surface area contributed by atoms with Crippen molar-refractivity contribution in [3.8, 4) is 0 Å². The minimum absolute atomic E-state index is 0.0865. The average Bonchev–Trinajstić information content (AvgIpc) is 3.19. The van der Waals surface area contributed by atoms with Gasteiger partial charge in [0.25, 0.3) is 0 Å². The number of anilines is 1. The molecule has 1 aliphatic rings. The van der Waals surface area contributed by atoms with Crippen molar-refractivity contribution in [3.63, 3.8) is 0 Å². The van der Waals surface area contributed by atoms with Gasteiger partial charge in [-0.05, 0) is 69.4 Å². The summed E-state index contributed by atoms with van der Waals surface area (Å²) in [6.07, 6.45) is 1.34. The summed E-state index contributed by atoms with van der Waals surface area (Å²) in [5.74, 6) is -1.55. The molecule has 1 atom stereocenters. The van der Waals surface area contributed by atoms with Crippen LogP contribution in [0.25, 0.3) is 0 Å². The maximum absolute atomic E-state index is 13.2. The number of rotatable bonds is 5. The molecular weight excluding hydrogens is 414 g/mol. The molecule has 1 heterocycles. The van der Waals surface area contributed by atoms with E-state index in [9.17, 15) is 18.0 Å². The van der Waals surface area contributed by atoms with Gasteiger partial charge in [0.2, 0.25) is 10.0 Å². The van der Waals surface area contributed by atoms with E-state index < -0.39 is 21.8 Å². The van der Waals surface area contributed by atoms with Crippen LogP contribution in [0.1, 0.15) is 35.1 Å². The van der Waals surface area contributed by atoms with E-state index >= 15 is 0 Å². The molecule has 2 aromatic rings. The Morgan fingerprint density at radius 2 is 1.65 bits per heavy atom. The summed E-state index contributed by atoms with van der Waals surface area (Å²) < 4.78 is 27.9. The van der Waals surface area contributed by atoms with Crippen LogP contribution in [0.3, 0.4) is 0 Å². The van der Waals surface area contributed by atoms with Crippen LogP contribution in [0.5, 0.6) is 0 Å². The third-order valence-corrected chi connectivity index (χ3v) is 7.68. The maximum Gasteiger partial charge on any atom is 0.313 e. The molecule has 0 spiro atoms. The van der Waals surface area contributed by atoms with Crippen LogP contribution in [-0.4, -0.2) is 43.7 Å². The highest BCUT2D eigenvalue weighted by molar-refractivity contribution is 7.89. The van der Waals surface area contributed by atoms with Gasteiger partial charge in [-0.1, -0.05) is 29.8 Å². The van der Waals surface area contributed by atoms with E-state index in [1.807, 2.05) is 39.0 Å². The zero-order valence-corrected chi connectivity index (χ0v) is 19.2. The van der Waals surface area contributed by atoms with Crippen LogP contribution in [0, 0.1) is 27.7 Å². The Hall–Kier alpha value is -2.71. The number of carbonyl (C=O) groups excluding carboxylic acids is 2. The molecule has 166 valence electrons. The third-order valence-electron chi connectivity index (χ3n) is 5.59. The molecule has 0 unspecified atom stereocenters. The van der Waals surface area contributed by atoms with Crippen molar-refractivity contribution in [1.82, 2.24) is 9.62 Å². The summed E-state index contributed by atoms with van der Waals surface area (Å²) in [7, 11) is -3.69. The van der Waals surface area contributed by atoms with Gasteiger partial charge in [0, 0.05) is 24.8 Å². The molecule has 2 N–H and O–H groups in total. The highest BCUT2D eigenvalue weighted by Crippen LogP contribution is 2.28. The fraction of sp³-hybridized carbons (Fsp3) is 0.391. The Labute approximate surface area is 183 Å². The molecule has 2 aromatic carbocycles. The van der Waals surface area contributed by atoms with Gasteiger partial charge in [-0.2, -0.15) is 4.31 Å². The van der Waals surface area contributed by atoms with E-state index in [-0.39, 0.29) is 12.6 Å². The van der Waals surface area contributed by atoms with Gasteiger partial charge >= 0.3 is 11.8 Å². The fourth-order valence-corrected chi connectivity index (χ4v) is 5.87. The molecule has 0 aliphatic carbocycles. The number of sulfonamides is 1. The number of nitrogens with zero attached hydrogens (tertiary/aromatic N) is 1. The van der Waals surface area contributed by atoms with Crippen molar-refractivity contribution in [3.05, 3.63) is 58.7 Å². The zero-order valence-electron chi connectivity index (χ0n) is 18.4. The minimum atomic E-state index is -3.69. The number of hydrogen-bond acceptors (Lipinski definition) is 4. The van der Waals surface area contributed by atoms with Crippen molar-refractivity contribution in [2.75, 3.05) is 18.4 Å². The molecule has 0 saturated carbocycles. The first-order valence-electron chi connectivity index (χ1n) is 10.3. The zero-order chi connectivity index (χ0) is 22.8. The van der Waals surface area contributed by atoms with Crippen molar-refractivity contribution < 1.29 is 18.0 Å². The smallest absolute Gasteiger partial charge is 0.313 e. The molecule has 0 radical (unpaired) electrons. The second kappa shape index (κ2) is 9.20. The number of benzene rings is 2. The monoisotopic (exact) mass is 443 g/mol. The standard InChI is InChI=1S/C23H29N3O4S/c1-15-8-10-20(18(4)12-15)25-23(28)22(27)24-14-19-6-5-11-26(19)31(29,30)21-13-16(2)7-9-17(21)3/h7-10,12-13,19H,5-6,11,14H2,1-4H3,(H,24,27)(H,25,28)/t19-/m1/s1. The van der Waals surface area contributed by atoms with Gasteiger partial charge in [0.05, 0.1) is 4.90 Å². The SMILES string of the molecule is Cc1ccc(NC(=O)C(=O)NC[C@H]2CCCN2S(=O)(=O)c2cc(C)ccc2C)c(C)c1. The lowest BCUT2D eigenvalue weighted by atomic mass is 10.1. The van der Waals surface area contributed by atoms with Crippen LogP contribution < -0.4 is 10.6 Å². The molecule has 1 fully saturated rings. The Balaban J connectivity index is 1.66. The van der Waals surface area contributed by atoms with Gasteiger partial charge in [-0.25, -0.2) is 8.42 Å². The molecule has 1 aliphatic heterocycles. The Kier molecular flexibility index (Phi) is 6.81. The summed E-state index contributed by atoms with van der Waals surface area (Å²) >= 11 is 0. The van der Waals surface area contributed by atoms with Gasteiger partial charge in [0.15, 0.2) is 0 Å². The normalized spacial score (nSPS) is 16.8. The number of nitrogens with one attached hydrogen (secondary N) is 2. The summed E-state index contributed by atoms with van der Waals surface area (Å²) in [6, 6.07) is 10.5. The van der Waals surface area contributed by atoms with Crippen molar-refractivity contribution in [1.29, 1.82) is 0 Å². The van der Waals surface area contributed by atoms with Crippen LogP contribution in [0.4, 0.5) is 5.69 Å². The highest BCUT2D eigenvalue weighted by atomic mass is 32.2. The van der Waals surface area contributed by atoms with Gasteiger partial charge in [-0.15, -0.1) is 0 Å². The number of carbonyl (C=O) groups is 2. The first-order valence-corrected chi connectivity index (χ1v) is 11.8. The summed E-state index contributed by atoms with van der Waals surface area (Å²) in [6.45, 7) is 7.92. The average molecular weight is 444 g/mol. The lowest BCUT2D eigenvalue weighted by Gasteiger charge is -2.25. The Morgan fingerprint density at radius 1 is 0.968 bits per heavy atom. The second-order valence-corrected chi connectivity index (χ2v) is 10.0. The second-order valence-electron chi connectivity index (χ2n) is 8.16. The van der Waals surface area contributed by atoms with E-state index in [1.165, 1.54) is 4.31 Å². The molecule has 2 amide bonds. The van der Waals surface area contributed by atoms with Gasteiger partial charge in [0.1, 0.15) is 0 Å². The largest absolute Gasteiger partial charge is 0.346 e. The fourth-order valence-electron chi connectivity index (χ4n) is 3.86. The third kappa shape index (κ3) is 5.14. The van der Waals surface area contributed by atoms with Crippen LogP contribution in [0.2, 0.25) is 0 Å². The van der Waals surface area contributed by atoms with Crippen molar-refractivity contribution in [2.24, 2.45) is 0 Å². The van der Waals surface area contributed by atoms with Gasteiger partial charge < -0.3 is 10.6 Å². The lowest BCUT2D eigenvalue weighted by Crippen LogP contribution is -2.45. The number of amides is 2. The minimum Gasteiger partial charge on any atom is -0.346 e. The van der Waals surface area contributed by atoms with Crippen molar-refractivity contribution >= 4 is 27.5 Å². The molecule has 0 aromatic heterocycles. The quantitative estimate of drug-likeness (QED) is 0.695. The lowest BCUT2D eigenvalue weighted by molar-refractivity contribution is -0.136. The Morgan fingerprint density at radius 3 is 2.35 bits per heavy atom. The summed E-state index contributed by atoms with van der Waals surface area (Å²) in [4.78, 5) is 24.9. The molecule has 8 heteroatoms. The number of aryl methyl sites for hydroxylation is 4. The van der Waals surface area contributed by atoms with E-state index in [0.29, 0.717) is 35.5 Å². The number of hydrogen-bond donors (Lipinski definition) is 2. The molecule has 3 rings (SSSR count). The molecule has 31 heavy (non-hydrogen) atoms. The van der Waals surface area contributed by atoms with E-state index in [0.717, 1.165) is 16.7 Å².